The Bertz CT molecular complexity index is 552. The number of carbonyl (C=O) groups excluding carboxylic acids is 1. The lowest BCUT2D eigenvalue weighted by atomic mass is 10.1. The molecule has 78 valence electrons. The molecule has 0 fully saturated rings. The Balaban J connectivity index is 2.98. The summed E-state index contributed by atoms with van der Waals surface area (Å²) in [6, 6.07) is 5.64. The lowest BCUT2D eigenvalue weighted by Crippen LogP contribution is -2.11. The van der Waals surface area contributed by atoms with Crippen LogP contribution in [0.4, 0.5) is 0 Å². The molecular weight excluding hydrogens is 188 g/mol. The van der Waals surface area contributed by atoms with E-state index < -0.39 is 0 Å². The Morgan fingerprint density at radius 2 is 2.00 bits per heavy atom. The van der Waals surface area contributed by atoms with Gasteiger partial charge in [0.25, 0.3) is 0 Å². The first kappa shape index (κ1) is 9.77. The van der Waals surface area contributed by atoms with Crippen molar-refractivity contribution >= 4 is 16.8 Å². The topological polar surface area (TPSA) is 48.0 Å². The van der Waals surface area contributed by atoms with Crippen LogP contribution in [0.15, 0.2) is 18.2 Å². The number of carbonyl (C=O) groups is 1. The standard InChI is InChI=1S/C12H14N2O/c1-7-8(2)14(3)10-6-4-5-9(11(7)10)12(13)15/h4-6H,1-3H3,(H2,13,15). The average Bonchev–Trinajstić information content (AvgIpc) is 2.44. The van der Waals surface area contributed by atoms with Crippen LogP contribution < -0.4 is 5.73 Å². The summed E-state index contributed by atoms with van der Waals surface area (Å²) in [7, 11) is 2.00. The highest BCUT2D eigenvalue weighted by atomic mass is 16.1. The molecule has 2 rings (SSSR count). The van der Waals surface area contributed by atoms with E-state index in [9.17, 15) is 4.79 Å². The number of fused-ring (bicyclic) bond motifs is 1. The molecule has 3 heteroatoms. The third-order valence-electron chi connectivity index (χ3n) is 3.09. The fourth-order valence-electron chi connectivity index (χ4n) is 2.03. The van der Waals surface area contributed by atoms with Crippen molar-refractivity contribution < 1.29 is 4.79 Å². The average molecular weight is 202 g/mol. The van der Waals surface area contributed by atoms with Gasteiger partial charge >= 0.3 is 0 Å². The number of primary amides is 1. The molecule has 15 heavy (non-hydrogen) atoms. The first-order valence-electron chi connectivity index (χ1n) is 4.88. The molecule has 1 heterocycles. The highest BCUT2D eigenvalue weighted by Gasteiger charge is 2.14. The first-order valence-corrected chi connectivity index (χ1v) is 4.88. The van der Waals surface area contributed by atoms with Crippen LogP contribution in [0.25, 0.3) is 10.9 Å². The molecule has 0 atom stereocenters. The van der Waals surface area contributed by atoms with E-state index in [-0.39, 0.29) is 5.91 Å². The van der Waals surface area contributed by atoms with Crippen LogP contribution in [-0.2, 0) is 7.05 Å². The molecule has 0 bridgehead atoms. The van der Waals surface area contributed by atoms with E-state index in [4.69, 9.17) is 5.73 Å². The van der Waals surface area contributed by atoms with E-state index in [0.717, 1.165) is 16.5 Å². The molecule has 0 saturated carbocycles. The molecule has 1 aromatic carbocycles. The van der Waals surface area contributed by atoms with Crippen molar-refractivity contribution in [1.29, 1.82) is 0 Å². The normalized spacial score (nSPS) is 10.9. The van der Waals surface area contributed by atoms with Crippen molar-refractivity contribution in [3.05, 3.63) is 35.0 Å². The highest BCUT2D eigenvalue weighted by Crippen LogP contribution is 2.26. The van der Waals surface area contributed by atoms with E-state index in [1.54, 1.807) is 6.07 Å². The SMILES string of the molecule is Cc1c(C)n(C)c2cccc(C(N)=O)c12. The number of benzene rings is 1. The van der Waals surface area contributed by atoms with Crippen molar-refractivity contribution in [2.75, 3.05) is 0 Å². The van der Waals surface area contributed by atoms with Gasteiger partial charge in [-0.3, -0.25) is 4.79 Å². The van der Waals surface area contributed by atoms with Crippen LogP contribution in [0.2, 0.25) is 0 Å². The lowest BCUT2D eigenvalue weighted by Gasteiger charge is -2.00. The zero-order valence-corrected chi connectivity index (χ0v) is 9.16. The van der Waals surface area contributed by atoms with Crippen LogP contribution in [0.1, 0.15) is 21.6 Å². The second-order valence-corrected chi connectivity index (χ2v) is 3.83. The molecule has 0 aliphatic rings. The van der Waals surface area contributed by atoms with Crippen molar-refractivity contribution in [1.82, 2.24) is 4.57 Å². The van der Waals surface area contributed by atoms with Crippen LogP contribution >= 0.6 is 0 Å². The molecule has 0 spiro atoms. The largest absolute Gasteiger partial charge is 0.366 e. The van der Waals surface area contributed by atoms with Crippen LogP contribution in [0, 0.1) is 13.8 Å². The Morgan fingerprint density at radius 3 is 2.60 bits per heavy atom. The number of aromatic nitrogens is 1. The van der Waals surface area contributed by atoms with Gasteiger partial charge in [0.2, 0.25) is 5.91 Å². The number of hydrogen-bond donors (Lipinski definition) is 1. The monoisotopic (exact) mass is 202 g/mol. The van der Waals surface area contributed by atoms with Crippen molar-refractivity contribution in [2.24, 2.45) is 12.8 Å². The summed E-state index contributed by atoms with van der Waals surface area (Å²) in [6.45, 7) is 4.06. The quantitative estimate of drug-likeness (QED) is 0.754. The van der Waals surface area contributed by atoms with E-state index in [1.807, 2.05) is 33.0 Å². The third kappa shape index (κ3) is 1.23. The van der Waals surface area contributed by atoms with Gasteiger partial charge in [0.05, 0.1) is 0 Å². The minimum absolute atomic E-state index is 0.366. The number of aryl methyl sites for hydroxylation is 2. The maximum Gasteiger partial charge on any atom is 0.249 e. The number of hydrogen-bond acceptors (Lipinski definition) is 1. The zero-order valence-electron chi connectivity index (χ0n) is 9.16. The third-order valence-corrected chi connectivity index (χ3v) is 3.09. The molecule has 0 saturated heterocycles. The van der Waals surface area contributed by atoms with E-state index in [2.05, 4.69) is 4.57 Å². The molecule has 0 radical (unpaired) electrons. The number of rotatable bonds is 1. The van der Waals surface area contributed by atoms with Crippen LogP contribution in [0.5, 0.6) is 0 Å². The number of nitrogens with zero attached hydrogens (tertiary/aromatic N) is 1. The summed E-state index contributed by atoms with van der Waals surface area (Å²) in [4.78, 5) is 11.3. The Morgan fingerprint density at radius 1 is 1.33 bits per heavy atom. The molecule has 0 aliphatic heterocycles. The smallest absolute Gasteiger partial charge is 0.249 e. The Hall–Kier alpha value is -1.77. The minimum Gasteiger partial charge on any atom is -0.366 e. The molecule has 2 N–H and O–H groups in total. The molecule has 3 nitrogen and oxygen atoms in total. The lowest BCUT2D eigenvalue weighted by molar-refractivity contribution is 0.100. The Kier molecular flexibility index (Phi) is 2.03. The van der Waals surface area contributed by atoms with Crippen molar-refractivity contribution in [2.45, 2.75) is 13.8 Å². The summed E-state index contributed by atoms with van der Waals surface area (Å²) < 4.78 is 2.08. The van der Waals surface area contributed by atoms with Gasteiger partial charge in [0.15, 0.2) is 0 Å². The Labute approximate surface area is 88.5 Å². The number of nitrogens with two attached hydrogens (primary N) is 1. The van der Waals surface area contributed by atoms with Crippen molar-refractivity contribution in [3.8, 4) is 0 Å². The molecular formula is C12H14N2O. The summed E-state index contributed by atoms with van der Waals surface area (Å²) >= 11 is 0. The molecule has 1 aromatic heterocycles. The van der Waals surface area contributed by atoms with Crippen LogP contribution in [0.3, 0.4) is 0 Å². The number of amides is 1. The predicted octanol–water partition coefficient (Wildman–Crippen LogP) is 1.89. The van der Waals surface area contributed by atoms with Gasteiger partial charge in [-0.05, 0) is 31.5 Å². The summed E-state index contributed by atoms with van der Waals surface area (Å²) in [5.41, 5.74) is 9.31. The molecule has 0 aliphatic carbocycles. The summed E-state index contributed by atoms with van der Waals surface area (Å²) in [5, 5.41) is 0.977. The second kappa shape index (κ2) is 3.12. The molecule has 0 unspecified atom stereocenters. The van der Waals surface area contributed by atoms with Gasteiger partial charge in [-0.1, -0.05) is 6.07 Å². The zero-order chi connectivity index (χ0) is 11.2. The summed E-state index contributed by atoms with van der Waals surface area (Å²) in [5.74, 6) is -0.366. The van der Waals surface area contributed by atoms with Crippen LogP contribution in [-0.4, -0.2) is 10.5 Å². The maximum atomic E-state index is 11.3. The van der Waals surface area contributed by atoms with Gasteiger partial charge in [0.1, 0.15) is 0 Å². The van der Waals surface area contributed by atoms with Gasteiger partial charge in [-0.15, -0.1) is 0 Å². The van der Waals surface area contributed by atoms with Crippen molar-refractivity contribution in [3.63, 3.8) is 0 Å². The summed E-state index contributed by atoms with van der Waals surface area (Å²) in [6.07, 6.45) is 0. The highest BCUT2D eigenvalue weighted by molar-refractivity contribution is 6.07. The van der Waals surface area contributed by atoms with Gasteiger partial charge in [-0.25, -0.2) is 0 Å². The minimum atomic E-state index is -0.366. The molecule has 1 amide bonds. The van der Waals surface area contributed by atoms with Gasteiger partial charge in [0, 0.05) is 29.2 Å². The second-order valence-electron chi connectivity index (χ2n) is 3.83. The molecule has 2 aromatic rings. The van der Waals surface area contributed by atoms with E-state index in [1.165, 1.54) is 5.69 Å². The van der Waals surface area contributed by atoms with Gasteiger partial charge < -0.3 is 10.3 Å². The fourth-order valence-corrected chi connectivity index (χ4v) is 2.03. The first-order chi connectivity index (χ1) is 7.04. The van der Waals surface area contributed by atoms with E-state index >= 15 is 0 Å². The predicted molar refractivity (Wildman–Crippen MR) is 60.9 cm³/mol. The van der Waals surface area contributed by atoms with E-state index in [0.29, 0.717) is 5.56 Å². The van der Waals surface area contributed by atoms with Gasteiger partial charge in [-0.2, -0.15) is 0 Å². The maximum absolute atomic E-state index is 11.3. The fraction of sp³-hybridized carbons (Fsp3) is 0.250.